The van der Waals surface area contributed by atoms with E-state index in [-0.39, 0.29) is 12.7 Å². The normalized spacial score (nSPS) is 33.8. The maximum Gasteiger partial charge on any atom is 0.0893 e. The van der Waals surface area contributed by atoms with Gasteiger partial charge in [0.2, 0.25) is 0 Å². The molecule has 1 rings (SSSR count). The molecule has 0 spiro atoms. The van der Waals surface area contributed by atoms with Crippen molar-refractivity contribution in [2.24, 2.45) is 0 Å². The van der Waals surface area contributed by atoms with Crippen LogP contribution >= 0.6 is 0 Å². The summed E-state index contributed by atoms with van der Waals surface area (Å²) in [5.74, 6) is 0. The van der Waals surface area contributed by atoms with Crippen LogP contribution in [0.25, 0.3) is 0 Å². The number of hydrogen-bond acceptors (Lipinski definition) is 3. The van der Waals surface area contributed by atoms with Crippen molar-refractivity contribution in [2.45, 2.75) is 45.0 Å². The van der Waals surface area contributed by atoms with Crippen LogP contribution in [0.2, 0.25) is 0 Å². The van der Waals surface area contributed by atoms with Crippen molar-refractivity contribution in [3.63, 3.8) is 0 Å². The SMILES string of the molecule is C/C(=C\CO)[C@@H]1C[C@@H](O)C(C)(C)O1. The van der Waals surface area contributed by atoms with E-state index in [1.807, 2.05) is 20.8 Å². The maximum absolute atomic E-state index is 9.63. The summed E-state index contributed by atoms with van der Waals surface area (Å²) >= 11 is 0. The van der Waals surface area contributed by atoms with Gasteiger partial charge < -0.3 is 14.9 Å². The highest BCUT2D eigenvalue weighted by Gasteiger charge is 2.40. The van der Waals surface area contributed by atoms with E-state index < -0.39 is 11.7 Å². The lowest BCUT2D eigenvalue weighted by atomic mass is 9.99. The molecule has 0 aromatic heterocycles. The molecule has 13 heavy (non-hydrogen) atoms. The van der Waals surface area contributed by atoms with Gasteiger partial charge in [-0.1, -0.05) is 6.08 Å². The second-order valence-corrected chi connectivity index (χ2v) is 4.09. The molecule has 0 radical (unpaired) electrons. The average Bonchev–Trinajstić information content (AvgIpc) is 2.27. The van der Waals surface area contributed by atoms with Crippen LogP contribution in [-0.4, -0.2) is 34.6 Å². The minimum Gasteiger partial charge on any atom is -0.392 e. The molecule has 76 valence electrons. The standard InChI is InChI=1S/C10H18O3/c1-7(4-5-11)8-6-9(12)10(2,3)13-8/h4,8-9,11-12H,5-6H2,1-3H3/b7-4+/t8-,9+/m0/s1. The Bertz CT molecular complexity index is 208. The molecule has 0 saturated carbocycles. The molecular weight excluding hydrogens is 168 g/mol. The third kappa shape index (κ3) is 2.30. The zero-order valence-electron chi connectivity index (χ0n) is 8.45. The molecule has 0 aromatic rings. The van der Waals surface area contributed by atoms with E-state index in [0.29, 0.717) is 6.42 Å². The van der Waals surface area contributed by atoms with Crippen LogP contribution < -0.4 is 0 Å². The van der Waals surface area contributed by atoms with Crippen molar-refractivity contribution in [1.29, 1.82) is 0 Å². The van der Waals surface area contributed by atoms with Gasteiger partial charge in [-0.3, -0.25) is 0 Å². The Balaban J connectivity index is 2.63. The summed E-state index contributed by atoms with van der Waals surface area (Å²) in [6.07, 6.45) is 1.88. The Labute approximate surface area is 79.0 Å². The highest BCUT2D eigenvalue weighted by Crippen LogP contribution is 2.33. The lowest BCUT2D eigenvalue weighted by Gasteiger charge is -2.22. The molecule has 1 fully saturated rings. The van der Waals surface area contributed by atoms with E-state index >= 15 is 0 Å². The van der Waals surface area contributed by atoms with Crippen LogP contribution in [0.3, 0.4) is 0 Å². The molecule has 0 unspecified atom stereocenters. The van der Waals surface area contributed by atoms with E-state index in [9.17, 15) is 5.11 Å². The monoisotopic (exact) mass is 186 g/mol. The van der Waals surface area contributed by atoms with Crippen molar-refractivity contribution in [3.05, 3.63) is 11.6 Å². The summed E-state index contributed by atoms with van der Waals surface area (Å²) in [6.45, 7) is 5.70. The maximum atomic E-state index is 9.63. The van der Waals surface area contributed by atoms with Gasteiger partial charge in [-0.15, -0.1) is 0 Å². The fraction of sp³-hybridized carbons (Fsp3) is 0.800. The van der Waals surface area contributed by atoms with Gasteiger partial charge in [0.1, 0.15) is 0 Å². The van der Waals surface area contributed by atoms with Crippen molar-refractivity contribution in [3.8, 4) is 0 Å². The van der Waals surface area contributed by atoms with Crippen LogP contribution in [-0.2, 0) is 4.74 Å². The number of rotatable bonds is 2. The fourth-order valence-electron chi connectivity index (χ4n) is 1.53. The number of hydrogen-bond donors (Lipinski definition) is 2. The molecule has 1 saturated heterocycles. The summed E-state index contributed by atoms with van der Waals surface area (Å²) in [5, 5.41) is 18.3. The van der Waals surface area contributed by atoms with E-state index in [0.717, 1.165) is 5.57 Å². The largest absolute Gasteiger partial charge is 0.392 e. The smallest absolute Gasteiger partial charge is 0.0893 e. The molecule has 3 nitrogen and oxygen atoms in total. The Hall–Kier alpha value is -0.380. The molecule has 1 heterocycles. The average molecular weight is 186 g/mol. The van der Waals surface area contributed by atoms with E-state index in [1.165, 1.54) is 0 Å². The van der Waals surface area contributed by atoms with Crippen molar-refractivity contribution >= 4 is 0 Å². The molecule has 0 bridgehead atoms. The van der Waals surface area contributed by atoms with Gasteiger partial charge in [0.15, 0.2) is 0 Å². The molecule has 2 atom stereocenters. The first-order valence-corrected chi connectivity index (χ1v) is 4.61. The second-order valence-electron chi connectivity index (χ2n) is 4.09. The molecule has 0 aliphatic carbocycles. The zero-order chi connectivity index (χ0) is 10.1. The Morgan fingerprint density at radius 2 is 2.23 bits per heavy atom. The number of aliphatic hydroxyl groups excluding tert-OH is 2. The van der Waals surface area contributed by atoms with Gasteiger partial charge in [0.25, 0.3) is 0 Å². The van der Waals surface area contributed by atoms with E-state index in [2.05, 4.69) is 0 Å². The van der Waals surface area contributed by atoms with Gasteiger partial charge in [-0.25, -0.2) is 0 Å². The lowest BCUT2D eigenvalue weighted by Crippen LogP contribution is -2.31. The molecule has 0 amide bonds. The molecular formula is C10H18O3. The highest BCUT2D eigenvalue weighted by atomic mass is 16.5. The fourth-order valence-corrected chi connectivity index (χ4v) is 1.53. The second kappa shape index (κ2) is 3.78. The Morgan fingerprint density at radius 3 is 2.62 bits per heavy atom. The van der Waals surface area contributed by atoms with Crippen molar-refractivity contribution < 1.29 is 14.9 Å². The number of aliphatic hydroxyl groups is 2. The van der Waals surface area contributed by atoms with E-state index in [4.69, 9.17) is 9.84 Å². The van der Waals surface area contributed by atoms with Crippen LogP contribution in [0.5, 0.6) is 0 Å². The molecule has 1 aliphatic heterocycles. The molecule has 3 heteroatoms. The van der Waals surface area contributed by atoms with Gasteiger partial charge in [0.05, 0.1) is 24.4 Å². The summed E-state index contributed by atoms with van der Waals surface area (Å²) < 4.78 is 5.65. The van der Waals surface area contributed by atoms with Crippen molar-refractivity contribution in [2.75, 3.05) is 6.61 Å². The molecule has 0 aromatic carbocycles. The molecule has 2 N–H and O–H groups in total. The minimum atomic E-state index is -0.463. The topological polar surface area (TPSA) is 49.7 Å². The number of ether oxygens (including phenoxy) is 1. The predicted octanol–water partition coefficient (Wildman–Crippen LogP) is 0.853. The van der Waals surface area contributed by atoms with Crippen LogP contribution in [0.4, 0.5) is 0 Å². The highest BCUT2D eigenvalue weighted by molar-refractivity contribution is 5.10. The Morgan fingerprint density at radius 1 is 1.62 bits per heavy atom. The molecule has 1 aliphatic rings. The first-order chi connectivity index (χ1) is 5.97. The summed E-state index contributed by atoms with van der Waals surface area (Å²) in [7, 11) is 0. The first-order valence-electron chi connectivity index (χ1n) is 4.61. The van der Waals surface area contributed by atoms with E-state index in [1.54, 1.807) is 6.08 Å². The van der Waals surface area contributed by atoms with Gasteiger partial charge in [0, 0.05) is 6.42 Å². The summed E-state index contributed by atoms with van der Waals surface area (Å²) in [4.78, 5) is 0. The first kappa shape index (κ1) is 10.7. The minimum absolute atomic E-state index is 0.0300. The Kier molecular flexibility index (Phi) is 3.11. The third-order valence-corrected chi connectivity index (χ3v) is 2.61. The van der Waals surface area contributed by atoms with Gasteiger partial charge >= 0.3 is 0 Å². The summed E-state index contributed by atoms with van der Waals surface area (Å²) in [6, 6.07) is 0. The zero-order valence-corrected chi connectivity index (χ0v) is 8.45. The van der Waals surface area contributed by atoms with Crippen LogP contribution in [0, 0.1) is 0 Å². The third-order valence-electron chi connectivity index (χ3n) is 2.61. The lowest BCUT2D eigenvalue weighted by molar-refractivity contribution is -0.0472. The predicted molar refractivity (Wildman–Crippen MR) is 50.4 cm³/mol. The quantitative estimate of drug-likeness (QED) is 0.629. The van der Waals surface area contributed by atoms with Gasteiger partial charge in [-0.05, 0) is 26.3 Å². The summed E-state index contributed by atoms with van der Waals surface area (Å²) in [5.41, 5.74) is 0.530. The van der Waals surface area contributed by atoms with Crippen LogP contribution in [0.15, 0.2) is 11.6 Å². The van der Waals surface area contributed by atoms with Crippen molar-refractivity contribution in [1.82, 2.24) is 0 Å². The van der Waals surface area contributed by atoms with Gasteiger partial charge in [-0.2, -0.15) is 0 Å². The van der Waals surface area contributed by atoms with Crippen LogP contribution in [0.1, 0.15) is 27.2 Å².